The monoisotopic (exact) mass is 415 g/mol. The summed E-state index contributed by atoms with van der Waals surface area (Å²) in [5, 5.41) is 17.7. The predicted molar refractivity (Wildman–Crippen MR) is 106 cm³/mol. The van der Waals surface area contributed by atoms with Crippen LogP contribution in [0.15, 0.2) is 24.3 Å². The lowest BCUT2D eigenvalue weighted by Gasteiger charge is -2.30. The molecule has 0 spiro atoms. The summed E-state index contributed by atoms with van der Waals surface area (Å²) in [6.07, 6.45) is 5.61. The number of aliphatic hydroxyl groups is 1. The number of halogens is 3. The number of ether oxygens (including phenoxy) is 1. The summed E-state index contributed by atoms with van der Waals surface area (Å²) in [6, 6.07) is 4.92. The number of aliphatic hydroxyl groups excluding tert-OH is 1. The minimum atomic E-state index is -0.510. The third-order valence-electron chi connectivity index (χ3n) is 5.19. The Kier molecular flexibility index (Phi) is 8.66. The quantitative estimate of drug-likeness (QED) is 0.684. The number of rotatable bonds is 8. The molecule has 1 atom stereocenters. The Morgan fingerprint density at radius 2 is 2.00 bits per heavy atom. The molecule has 8 heteroatoms. The molecule has 0 radical (unpaired) electrons. The molecule has 3 rings (SSSR count). The molecule has 1 heterocycles. The van der Waals surface area contributed by atoms with Crippen LogP contribution < -0.4 is 10.1 Å². The van der Waals surface area contributed by atoms with Crippen LogP contribution in [0.4, 0.5) is 8.78 Å². The molecule has 1 aromatic carbocycles. The minimum Gasteiger partial charge on any atom is -0.473 e. The number of hydrogen-bond donors (Lipinski definition) is 2. The molecule has 156 valence electrons. The van der Waals surface area contributed by atoms with Gasteiger partial charge in [-0.05, 0) is 44.0 Å². The summed E-state index contributed by atoms with van der Waals surface area (Å²) >= 11 is 0. The first-order valence-electron chi connectivity index (χ1n) is 9.53. The molecule has 1 saturated carbocycles. The molecule has 1 unspecified atom stereocenters. The maximum Gasteiger partial charge on any atom is 0.212 e. The molecule has 0 saturated heterocycles. The Labute approximate surface area is 170 Å². The largest absolute Gasteiger partial charge is 0.473 e. The Balaban J connectivity index is 0.00000280. The van der Waals surface area contributed by atoms with Crippen molar-refractivity contribution in [2.45, 2.75) is 51.3 Å². The van der Waals surface area contributed by atoms with E-state index in [1.54, 1.807) is 10.7 Å². The van der Waals surface area contributed by atoms with Gasteiger partial charge in [-0.1, -0.05) is 19.3 Å². The van der Waals surface area contributed by atoms with Gasteiger partial charge < -0.3 is 15.2 Å². The molecule has 5 nitrogen and oxygen atoms in total. The average molecular weight is 416 g/mol. The van der Waals surface area contributed by atoms with Gasteiger partial charge in [0.15, 0.2) is 0 Å². The summed E-state index contributed by atoms with van der Waals surface area (Å²) in [4.78, 5) is 0. The van der Waals surface area contributed by atoms with Gasteiger partial charge in [0.25, 0.3) is 0 Å². The summed E-state index contributed by atoms with van der Waals surface area (Å²) in [7, 11) is 1.83. The molecule has 2 aromatic rings. The van der Waals surface area contributed by atoms with Crippen LogP contribution in [0, 0.1) is 17.6 Å². The van der Waals surface area contributed by atoms with Crippen LogP contribution in [0.3, 0.4) is 0 Å². The third-order valence-corrected chi connectivity index (χ3v) is 5.19. The summed E-state index contributed by atoms with van der Waals surface area (Å²) in [5.41, 5.74) is 0.928. The van der Waals surface area contributed by atoms with Crippen molar-refractivity contribution in [1.82, 2.24) is 15.1 Å². The van der Waals surface area contributed by atoms with Crippen LogP contribution in [-0.2, 0) is 13.2 Å². The zero-order valence-electron chi connectivity index (χ0n) is 16.0. The second-order valence-electron chi connectivity index (χ2n) is 7.12. The van der Waals surface area contributed by atoms with Crippen molar-refractivity contribution in [3.05, 3.63) is 47.2 Å². The van der Waals surface area contributed by atoms with Gasteiger partial charge in [-0.2, -0.15) is 5.10 Å². The van der Waals surface area contributed by atoms with Crippen molar-refractivity contribution in [2.24, 2.45) is 5.92 Å². The maximum absolute atomic E-state index is 13.9. The first-order chi connectivity index (χ1) is 13.1. The second kappa shape index (κ2) is 10.7. The molecular formula is C20H28ClF2N3O2. The number of nitrogens with zero attached hydrogens (tertiary/aromatic N) is 2. The van der Waals surface area contributed by atoms with E-state index in [0.717, 1.165) is 49.6 Å². The minimum absolute atomic E-state index is 0. The van der Waals surface area contributed by atoms with Crippen LogP contribution >= 0.6 is 12.4 Å². The van der Waals surface area contributed by atoms with Crippen LogP contribution in [0.1, 0.15) is 49.4 Å². The van der Waals surface area contributed by atoms with E-state index in [1.807, 2.05) is 7.05 Å². The van der Waals surface area contributed by atoms with E-state index in [-0.39, 0.29) is 37.2 Å². The van der Waals surface area contributed by atoms with Gasteiger partial charge in [-0.25, -0.2) is 13.5 Å². The highest BCUT2D eigenvalue weighted by atomic mass is 35.5. The van der Waals surface area contributed by atoms with Gasteiger partial charge in [-0.15, -0.1) is 12.4 Å². The van der Waals surface area contributed by atoms with Crippen LogP contribution in [0.2, 0.25) is 0 Å². The van der Waals surface area contributed by atoms with Crippen molar-refractivity contribution < 1.29 is 18.6 Å². The molecular weight excluding hydrogens is 388 g/mol. The number of benzene rings is 1. The fourth-order valence-electron chi connectivity index (χ4n) is 3.79. The van der Waals surface area contributed by atoms with E-state index in [9.17, 15) is 13.9 Å². The van der Waals surface area contributed by atoms with Crippen LogP contribution in [0.25, 0.3) is 0 Å². The molecule has 0 bridgehead atoms. The van der Waals surface area contributed by atoms with Gasteiger partial charge in [0.2, 0.25) is 5.88 Å². The fourth-order valence-corrected chi connectivity index (χ4v) is 3.79. The zero-order chi connectivity index (χ0) is 19.2. The lowest BCUT2D eigenvalue weighted by molar-refractivity contribution is 0.128. The maximum atomic E-state index is 13.9. The van der Waals surface area contributed by atoms with Crippen molar-refractivity contribution in [3.8, 4) is 5.88 Å². The molecule has 1 aromatic heterocycles. The lowest BCUT2D eigenvalue weighted by atomic mass is 9.84. The molecule has 1 fully saturated rings. The Morgan fingerprint density at radius 3 is 2.68 bits per heavy atom. The first-order valence-corrected chi connectivity index (χ1v) is 9.53. The van der Waals surface area contributed by atoms with E-state index >= 15 is 0 Å². The van der Waals surface area contributed by atoms with E-state index < -0.39 is 11.6 Å². The van der Waals surface area contributed by atoms with Gasteiger partial charge in [0.05, 0.1) is 18.3 Å². The lowest BCUT2D eigenvalue weighted by Crippen LogP contribution is -2.26. The number of aromatic nitrogens is 2. The third kappa shape index (κ3) is 5.43. The second-order valence-corrected chi connectivity index (χ2v) is 7.12. The molecule has 1 aliphatic carbocycles. The van der Waals surface area contributed by atoms with E-state index in [4.69, 9.17) is 4.74 Å². The van der Waals surface area contributed by atoms with Gasteiger partial charge in [0.1, 0.15) is 18.2 Å². The Hall–Kier alpha value is -1.70. The number of nitrogens with one attached hydrogen (secondary N) is 1. The zero-order valence-corrected chi connectivity index (χ0v) is 16.9. The van der Waals surface area contributed by atoms with E-state index in [2.05, 4.69) is 10.4 Å². The number of hydrogen-bond acceptors (Lipinski definition) is 4. The topological polar surface area (TPSA) is 59.3 Å². The van der Waals surface area contributed by atoms with Crippen molar-refractivity contribution in [1.29, 1.82) is 0 Å². The van der Waals surface area contributed by atoms with Crippen molar-refractivity contribution >= 4 is 12.4 Å². The highest BCUT2D eigenvalue weighted by Crippen LogP contribution is 2.35. The Morgan fingerprint density at radius 1 is 1.25 bits per heavy atom. The Bertz CT molecular complexity index is 751. The van der Waals surface area contributed by atoms with Gasteiger partial charge in [-0.3, -0.25) is 0 Å². The average Bonchev–Trinajstić information content (AvgIpc) is 3.07. The highest BCUT2D eigenvalue weighted by Gasteiger charge is 2.28. The van der Waals surface area contributed by atoms with Crippen LogP contribution in [0.5, 0.6) is 5.88 Å². The fraction of sp³-hybridized carbons (Fsp3) is 0.550. The highest BCUT2D eigenvalue weighted by molar-refractivity contribution is 5.85. The van der Waals surface area contributed by atoms with E-state index in [1.165, 1.54) is 6.42 Å². The van der Waals surface area contributed by atoms with Crippen LogP contribution in [-0.4, -0.2) is 28.5 Å². The predicted octanol–water partition coefficient (Wildman–Crippen LogP) is 4.00. The SMILES string of the molecule is CNCc1cc(OCc2cc(F)ccc2F)n(C(CO)C2CCCCC2)n1.Cl. The first kappa shape index (κ1) is 22.6. The van der Waals surface area contributed by atoms with Crippen molar-refractivity contribution in [2.75, 3.05) is 13.7 Å². The van der Waals surface area contributed by atoms with Gasteiger partial charge in [0, 0.05) is 18.2 Å². The smallest absolute Gasteiger partial charge is 0.212 e. The normalized spacial score (nSPS) is 15.9. The van der Waals surface area contributed by atoms with E-state index in [0.29, 0.717) is 18.3 Å². The standard InChI is InChI=1S/C20H27F2N3O2.ClH/c1-23-11-17-10-20(27-13-15-9-16(21)7-8-18(15)22)25(24-17)19(12-26)14-5-3-2-4-6-14;/h7-10,14,19,23,26H,2-6,11-13H2,1H3;1H. The molecule has 28 heavy (non-hydrogen) atoms. The molecule has 1 aliphatic rings. The van der Waals surface area contributed by atoms with Crippen molar-refractivity contribution in [3.63, 3.8) is 0 Å². The summed E-state index contributed by atoms with van der Waals surface area (Å²) in [5.74, 6) is -0.216. The molecule has 2 N–H and O–H groups in total. The molecule has 0 amide bonds. The summed E-state index contributed by atoms with van der Waals surface area (Å²) < 4.78 is 34.8. The van der Waals surface area contributed by atoms with Gasteiger partial charge >= 0.3 is 0 Å². The summed E-state index contributed by atoms with van der Waals surface area (Å²) in [6.45, 7) is 0.424. The molecule has 0 aliphatic heterocycles.